The van der Waals surface area contributed by atoms with Crippen LogP contribution in [0.15, 0.2) is 41.5 Å². The quantitative estimate of drug-likeness (QED) is 0.320. The Kier molecular flexibility index (Phi) is 5.94. The summed E-state index contributed by atoms with van der Waals surface area (Å²) in [6, 6.07) is 11.2. The number of hydrogen-bond acceptors (Lipinski definition) is 5. The lowest BCUT2D eigenvalue weighted by atomic mass is 9.72. The third-order valence-corrected chi connectivity index (χ3v) is 6.97. The highest BCUT2D eigenvalue weighted by molar-refractivity contribution is 7.19. The number of thiazole rings is 1. The number of carbonyl (C=O) groups is 1. The van der Waals surface area contributed by atoms with E-state index in [9.17, 15) is 4.79 Å². The Morgan fingerprint density at radius 3 is 2.81 bits per heavy atom. The molecular weight excluding hydrogens is 408 g/mol. The molecule has 0 aliphatic heterocycles. The highest BCUT2D eigenvalue weighted by Gasteiger charge is 2.30. The molecule has 31 heavy (non-hydrogen) atoms. The van der Waals surface area contributed by atoms with Crippen LogP contribution in [0, 0.1) is 11.3 Å². The van der Waals surface area contributed by atoms with Crippen LogP contribution >= 0.6 is 11.3 Å². The van der Waals surface area contributed by atoms with E-state index in [0.717, 1.165) is 40.9 Å². The zero-order valence-electron chi connectivity index (χ0n) is 18.0. The van der Waals surface area contributed by atoms with Crippen LogP contribution in [0.5, 0.6) is 0 Å². The van der Waals surface area contributed by atoms with Gasteiger partial charge in [0.15, 0.2) is 5.01 Å². The van der Waals surface area contributed by atoms with E-state index in [4.69, 9.17) is 10.5 Å². The van der Waals surface area contributed by atoms with E-state index in [2.05, 4.69) is 47.2 Å². The zero-order valence-corrected chi connectivity index (χ0v) is 18.8. The summed E-state index contributed by atoms with van der Waals surface area (Å²) in [4.78, 5) is 26.0. The SMILES string of the molecule is CC(C)(C)C1CCc2cc3nc(C(=O)N[C@H](CN=[N+]=[N-])c4ccccc4)sc3nc2C1. The van der Waals surface area contributed by atoms with Crippen molar-refractivity contribution in [3.05, 3.63) is 68.7 Å². The molecule has 3 aromatic rings. The first-order valence-corrected chi connectivity index (χ1v) is 11.3. The fourth-order valence-electron chi connectivity index (χ4n) is 4.09. The van der Waals surface area contributed by atoms with Gasteiger partial charge in [0.05, 0.1) is 12.6 Å². The van der Waals surface area contributed by atoms with E-state index < -0.39 is 6.04 Å². The Bertz CT molecular complexity index is 1140. The van der Waals surface area contributed by atoms with Gasteiger partial charge in [-0.3, -0.25) is 4.79 Å². The number of aromatic nitrogens is 2. The topological polar surface area (TPSA) is 104 Å². The van der Waals surface area contributed by atoms with Crippen molar-refractivity contribution in [2.45, 2.75) is 46.1 Å². The largest absolute Gasteiger partial charge is 0.343 e. The third kappa shape index (κ3) is 4.70. The normalized spacial score (nSPS) is 16.9. The molecule has 1 unspecified atom stereocenters. The number of azide groups is 1. The number of benzene rings is 1. The van der Waals surface area contributed by atoms with Gasteiger partial charge in [-0.05, 0) is 53.3 Å². The summed E-state index contributed by atoms with van der Waals surface area (Å²) in [6.45, 7) is 7.00. The van der Waals surface area contributed by atoms with Crippen LogP contribution in [0.4, 0.5) is 0 Å². The van der Waals surface area contributed by atoms with E-state index >= 15 is 0 Å². The summed E-state index contributed by atoms with van der Waals surface area (Å²) < 4.78 is 0. The molecule has 7 nitrogen and oxygen atoms in total. The van der Waals surface area contributed by atoms with Gasteiger partial charge in [-0.15, -0.1) is 0 Å². The summed E-state index contributed by atoms with van der Waals surface area (Å²) in [5.74, 6) is 0.323. The number of amides is 1. The molecule has 0 saturated carbocycles. The number of hydrogen-bond donors (Lipinski definition) is 1. The number of carbonyl (C=O) groups excluding carboxylic acids is 1. The van der Waals surface area contributed by atoms with Crippen molar-refractivity contribution in [1.29, 1.82) is 0 Å². The van der Waals surface area contributed by atoms with Crippen molar-refractivity contribution in [2.75, 3.05) is 6.54 Å². The number of nitrogens with one attached hydrogen (secondary N) is 1. The summed E-state index contributed by atoms with van der Waals surface area (Å²) in [5, 5.41) is 6.99. The summed E-state index contributed by atoms with van der Waals surface area (Å²) in [6.07, 6.45) is 3.12. The average molecular weight is 435 g/mol. The number of aryl methyl sites for hydroxylation is 1. The van der Waals surface area contributed by atoms with Gasteiger partial charge < -0.3 is 5.32 Å². The van der Waals surface area contributed by atoms with Crippen molar-refractivity contribution in [1.82, 2.24) is 15.3 Å². The van der Waals surface area contributed by atoms with Crippen molar-refractivity contribution < 1.29 is 4.79 Å². The molecule has 4 rings (SSSR count). The summed E-state index contributed by atoms with van der Waals surface area (Å²) in [5.41, 5.74) is 13.0. The van der Waals surface area contributed by atoms with E-state index in [0.29, 0.717) is 10.9 Å². The van der Waals surface area contributed by atoms with Crippen molar-refractivity contribution in [2.24, 2.45) is 16.4 Å². The Balaban J connectivity index is 1.58. The molecule has 8 heteroatoms. The van der Waals surface area contributed by atoms with Gasteiger partial charge in [0.2, 0.25) is 0 Å². The van der Waals surface area contributed by atoms with Gasteiger partial charge in [0, 0.05) is 10.6 Å². The van der Waals surface area contributed by atoms with Crippen molar-refractivity contribution in [3.63, 3.8) is 0 Å². The Morgan fingerprint density at radius 2 is 2.10 bits per heavy atom. The number of fused-ring (bicyclic) bond motifs is 2. The Labute approximate surface area is 185 Å². The second-order valence-electron chi connectivity index (χ2n) is 9.09. The van der Waals surface area contributed by atoms with E-state index in [1.807, 2.05) is 30.3 Å². The fraction of sp³-hybridized carbons (Fsp3) is 0.435. The van der Waals surface area contributed by atoms with Gasteiger partial charge in [-0.1, -0.05) is 67.6 Å². The molecule has 2 aromatic heterocycles. The zero-order chi connectivity index (χ0) is 22.0. The molecule has 160 valence electrons. The number of rotatable bonds is 5. The van der Waals surface area contributed by atoms with Gasteiger partial charge in [-0.25, -0.2) is 9.97 Å². The van der Waals surface area contributed by atoms with Gasteiger partial charge in [0.25, 0.3) is 5.91 Å². The summed E-state index contributed by atoms with van der Waals surface area (Å²) in [7, 11) is 0. The maximum atomic E-state index is 12.9. The fourth-order valence-corrected chi connectivity index (χ4v) is 4.94. The van der Waals surface area contributed by atoms with Crippen LogP contribution in [-0.2, 0) is 12.8 Å². The minimum Gasteiger partial charge on any atom is -0.343 e. The molecule has 1 aliphatic rings. The van der Waals surface area contributed by atoms with Crippen LogP contribution in [0.25, 0.3) is 20.8 Å². The second-order valence-corrected chi connectivity index (χ2v) is 10.1. The maximum Gasteiger partial charge on any atom is 0.280 e. The minimum atomic E-state index is -0.412. The number of nitrogens with zero attached hydrogens (tertiary/aromatic N) is 5. The highest BCUT2D eigenvalue weighted by Crippen LogP contribution is 2.38. The molecule has 1 aromatic carbocycles. The van der Waals surface area contributed by atoms with Crippen molar-refractivity contribution >= 4 is 27.6 Å². The Morgan fingerprint density at radius 1 is 1.32 bits per heavy atom. The van der Waals surface area contributed by atoms with Crippen LogP contribution in [0.2, 0.25) is 0 Å². The van der Waals surface area contributed by atoms with Gasteiger partial charge in [-0.2, -0.15) is 0 Å². The molecule has 0 spiro atoms. The van der Waals surface area contributed by atoms with Crippen LogP contribution in [0.1, 0.15) is 59.9 Å². The third-order valence-electron chi connectivity index (χ3n) is 6.01. The molecular formula is C23H26N6OS. The molecule has 1 N–H and O–H groups in total. The van der Waals surface area contributed by atoms with E-state index in [-0.39, 0.29) is 17.9 Å². The average Bonchev–Trinajstić information content (AvgIpc) is 3.17. The molecule has 0 fully saturated rings. The first kappa shape index (κ1) is 21.3. The van der Waals surface area contributed by atoms with Crippen LogP contribution in [-0.4, -0.2) is 22.4 Å². The lowest BCUT2D eigenvalue weighted by molar-refractivity contribution is 0.0937. The van der Waals surface area contributed by atoms with E-state index in [1.54, 1.807) is 0 Å². The van der Waals surface area contributed by atoms with E-state index in [1.165, 1.54) is 16.9 Å². The lowest BCUT2D eigenvalue weighted by Gasteiger charge is -2.34. The first-order chi connectivity index (χ1) is 14.8. The maximum absolute atomic E-state index is 12.9. The molecule has 2 atom stereocenters. The highest BCUT2D eigenvalue weighted by atomic mass is 32.1. The lowest BCUT2D eigenvalue weighted by Crippen LogP contribution is -2.30. The minimum absolute atomic E-state index is 0.137. The monoisotopic (exact) mass is 434 g/mol. The molecule has 0 bridgehead atoms. The second kappa shape index (κ2) is 8.65. The molecule has 1 amide bonds. The molecule has 2 heterocycles. The van der Waals surface area contributed by atoms with Crippen molar-refractivity contribution in [3.8, 4) is 0 Å². The number of pyridine rings is 1. The molecule has 0 saturated heterocycles. The Hall–Kier alpha value is -2.96. The molecule has 0 radical (unpaired) electrons. The standard InChI is InChI=1S/C23H26N6OS/c1-23(2,3)16-10-9-15-11-18-21(27-17(15)12-16)31-22(28-18)20(30)26-19(13-25-29-24)14-7-5-4-6-8-14/h4-8,11,16,19H,9-10,12-13H2,1-3H3,(H,26,30)/t16?,19-/m1/s1. The van der Waals surface area contributed by atoms with Gasteiger partial charge >= 0.3 is 0 Å². The van der Waals surface area contributed by atoms with Gasteiger partial charge in [0.1, 0.15) is 10.3 Å². The smallest absolute Gasteiger partial charge is 0.280 e. The summed E-state index contributed by atoms with van der Waals surface area (Å²) >= 11 is 1.31. The first-order valence-electron chi connectivity index (χ1n) is 10.5. The predicted molar refractivity (Wildman–Crippen MR) is 123 cm³/mol. The van der Waals surface area contributed by atoms with Crippen LogP contribution in [0.3, 0.4) is 0 Å². The van der Waals surface area contributed by atoms with Crippen LogP contribution < -0.4 is 5.32 Å². The molecule has 1 aliphatic carbocycles. The predicted octanol–water partition coefficient (Wildman–Crippen LogP) is 5.62.